The van der Waals surface area contributed by atoms with Gasteiger partial charge >= 0.3 is 0 Å². The van der Waals surface area contributed by atoms with Gasteiger partial charge in [0.1, 0.15) is 17.7 Å². The van der Waals surface area contributed by atoms with E-state index < -0.39 is 6.04 Å². The van der Waals surface area contributed by atoms with Gasteiger partial charge in [-0.1, -0.05) is 18.2 Å². The number of benzene rings is 2. The Morgan fingerprint density at radius 3 is 2.68 bits per heavy atom. The molecule has 0 radical (unpaired) electrons. The van der Waals surface area contributed by atoms with Crippen LogP contribution in [0.2, 0.25) is 0 Å². The largest absolute Gasteiger partial charge is 0.489 e. The summed E-state index contributed by atoms with van der Waals surface area (Å²) in [7, 11) is 0. The van der Waals surface area contributed by atoms with Crippen LogP contribution in [0.15, 0.2) is 60.8 Å². The van der Waals surface area contributed by atoms with E-state index in [2.05, 4.69) is 10.2 Å². The van der Waals surface area contributed by atoms with Crippen LogP contribution in [0.25, 0.3) is 11.3 Å². The molecule has 1 fully saturated rings. The standard InChI is InChI=1S/C21H21FN4O2/c22-16-8-6-14(7-9-16)20-15(11-24-25-20)12-26-13-18(10-19(26)21(23)27)28-17-4-2-1-3-5-17/h1-9,11,18-19H,10,12-13H2,(H2,23,27)(H,24,25). The van der Waals surface area contributed by atoms with Crippen molar-refractivity contribution >= 4 is 5.91 Å². The van der Waals surface area contributed by atoms with Crippen LogP contribution in [0.4, 0.5) is 4.39 Å². The molecule has 2 heterocycles. The second-order valence-electron chi connectivity index (χ2n) is 6.91. The van der Waals surface area contributed by atoms with Gasteiger partial charge in [-0.2, -0.15) is 5.10 Å². The molecule has 1 saturated heterocycles. The first-order valence-corrected chi connectivity index (χ1v) is 9.13. The lowest BCUT2D eigenvalue weighted by Crippen LogP contribution is -2.39. The van der Waals surface area contributed by atoms with Crippen LogP contribution in [-0.4, -0.2) is 39.7 Å². The van der Waals surface area contributed by atoms with Crippen molar-refractivity contribution in [3.05, 3.63) is 72.2 Å². The number of nitrogens with two attached hydrogens (primary N) is 1. The molecule has 2 aromatic carbocycles. The summed E-state index contributed by atoms with van der Waals surface area (Å²) in [5.41, 5.74) is 8.19. The van der Waals surface area contributed by atoms with Crippen LogP contribution >= 0.6 is 0 Å². The Morgan fingerprint density at radius 1 is 1.21 bits per heavy atom. The summed E-state index contributed by atoms with van der Waals surface area (Å²) in [4.78, 5) is 14.0. The molecule has 6 nitrogen and oxygen atoms in total. The first-order chi connectivity index (χ1) is 13.6. The topological polar surface area (TPSA) is 84.2 Å². The maximum atomic E-state index is 13.2. The number of amides is 1. The van der Waals surface area contributed by atoms with Crippen LogP contribution in [0, 0.1) is 5.82 Å². The van der Waals surface area contributed by atoms with Gasteiger partial charge in [-0.05, 0) is 36.4 Å². The van der Waals surface area contributed by atoms with Crippen molar-refractivity contribution in [2.24, 2.45) is 5.73 Å². The zero-order chi connectivity index (χ0) is 19.5. The summed E-state index contributed by atoms with van der Waals surface area (Å²) in [6.45, 7) is 1.07. The first kappa shape index (κ1) is 18.2. The molecule has 1 aliphatic heterocycles. The van der Waals surface area contributed by atoms with E-state index in [1.54, 1.807) is 18.3 Å². The number of carbonyl (C=O) groups is 1. The molecule has 3 aromatic rings. The molecule has 1 amide bonds. The minimum absolute atomic E-state index is 0.124. The van der Waals surface area contributed by atoms with Crippen molar-refractivity contribution in [2.75, 3.05) is 6.54 Å². The number of hydrogen-bond acceptors (Lipinski definition) is 4. The fourth-order valence-electron chi connectivity index (χ4n) is 3.63. The Morgan fingerprint density at radius 2 is 1.96 bits per heavy atom. The van der Waals surface area contributed by atoms with Gasteiger partial charge in [0.15, 0.2) is 0 Å². The fourth-order valence-corrected chi connectivity index (χ4v) is 3.63. The molecular weight excluding hydrogens is 359 g/mol. The van der Waals surface area contributed by atoms with E-state index in [0.29, 0.717) is 19.5 Å². The quantitative estimate of drug-likeness (QED) is 0.689. The minimum Gasteiger partial charge on any atom is -0.489 e. The van der Waals surface area contributed by atoms with E-state index in [4.69, 9.17) is 10.5 Å². The van der Waals surface area contributed by atoms with E-state index in [-0.39, 0.29) is 17.8 Å². The number of likely N-dealkylation sites (tertiary alicyclic amines) is 1. The van der Waals surface area contributed by atoms with Crippen molar-refractivity contribution in [1.29, 1.82) is 0 Å². The van der Waals surface area contributed by atoms with Crippen LogP contribution in [0.3, 0.4) is 0 Å². The monoisotopic (exact) mass is 380 g/mol. The Labute approximate surface area is 162 Å². The number of nitrogens with zero attached hydrogens (tertiary/aromatic N) is 2. The van der Waals surface area contributed by atoms with Crippen molar-refractivity contribution in [3.63, 3.8) is 0 Å². The van der Waals surface area contributed by atoms with E-state index in [0.717, 1.165) is 22.6 Å². The van der Waals surface area contributed by atoms with Gasteiger partial charge in [0, 0.05) is 30.6 Å². The molecule has 4 rings (SSSR count). The number of para-hydroxylation sites is 1. The normalized spacial score (nSPS) is 19.6. The van der Waals surface area contributed by atoms with Gasteiger partial charge in [0.2, 0.25) is 5.91 Å². The third-order valence-electron chi connectivity index (χ3n) is 4.96. The molecule has 144 valence electrons. The minimum atomic E-state index is -0.412. The maximum absolute atomic E-state index is 13.2. The highest BCUT2D eigenvalue weighted by molar-refractivity contribution is 5.80. The molecule has 1 aromatic heterocycles. The number of rotatable bonds is 6. The number of carbonyl (C=O) groups excluding carboxylic acids is 1. The summed E-state index contributed by atoms with van der Waals surface area (Å²) in [5.74, 6) is 0.109. The van der Waals surface area contributed by atoms with Crippen molar-refractivity contribution in [1.82, 2.24) is 15.1 Å². The van der Waals surface area contributed by atoms with Crippen LogP contribution in [0.1, 0.15) is 12.0 Å². The number of ether oxygens (including phenoxy) is 1. The van der Waals surface area contributed by atoms with E-state index in [1.807, 2.05) is 35.2 Å². The Hall–Kier alpha value is -3.19. The number of hydrogen-bond donors (Lipinski definition) is 2. The number of nitrogens with one attached hydrogen (secondary N) is 1. The molecular formula is C21H21FN4O2. The van der Waals surface area contributed by atoms with Crippen molar-refractivity contribution < 1.29 is 13.9 Å². The van der Waals surface area contributed by atoms with Gasteiger partial charge < -0.3 is 10.5 Å². The van der Waals surface area contributed by atoms with Gasteiger partial charge in [0.25, 0.3) is 0 Å². The van der Waals surface area contributed by atoms with Gasteiger partial charge in [-0.3, -0.25) is 14.8 Å². The smallest absolute Gasteiger partial charge is 0.234 e. The van der Waals surface area contributed by atoms with E-state index in [9.17, 15) is 9.18 Å². The lowest BCUT2D eigenvalue weighted by Gasteiger charge is -2.21. The lowest BCUT2D eigenvalue weighted by atomic mass is 10.1. The van der Waals surface area contributed by atoms with Gasteiger partial charge in [-0.15, -0.1) is 0 Å². The van der Waals surface area contributed by atoms with Crippen molar-refractivity contribution in [2.45, 2.75) is 25.1 Å². The number of aromatic nitrogens is 2. The summed E-state index contributed by atoms with van der Waals surface area (Å²) in [5, 5.41) is 7.09. The van der Waals surface area contributed by atoms with Gasteiger partial charge in [-0.25, -0.2) is 4.39 Å². The molecule has 0 spiro atoms. The molecule has 2 unspecified atom stereocenters. The number of primary amides is 1. The summed E-state index contributed by atoms with van der Waals surface area (Å²) in [6.07, 6.45) is 2.14. The van der Waals surface area contributed by atoms with E-state index >= 15 is 0 Å². The number of H-pyrrole nitrogens is 1. The van der Waals surface area contributed by atoms with Crippen molar-refractivity contribution in [3.8, 4) is 17.0 Å². The summed E-state index contributed by atoms with van der Waals surface area (Å²) < 4.78 is 19.2. The molecule has 3 N–H and O–H groups in total. The second kappa shape index (κ2) is 7.82. The zero-order valence-electron chi connectivity index (χ0n) is 15.2. The Bertz CT molecular complexity index is 943. The zero-order valence-corrected chi connectivity index (χ0v) is 15.2. The molecule has 0 aliphatic carbocycles. The van der Waals surface area contributed by atoms with Gasteiger partial charge in [0.05, 0.1) is 17.9 Å². The Kier molecular flexibility index (Phi) is 5.08. The Balaban J connectivity index is 1.51. The van der Waals surface area contributed by atoms with Crippen LogP contribution < -0.4 is 10.5 Å². The second-order valence-corrected chi connectivity index (χ2v) is 6.91. The SMILES string of the molecule is NC(=O)C1CC(Oc2ccccc2)CN1Cc1cn[nH]c1-c1ccc(F)cc1. The molecule has 7 heteroatoms. The average Bonchev–Trinajstić information content (AvgIpc) is 3.31. The molecule has 28 heavy (non-hydrogen) atoms. The maximum Gasteiger partial charge on any atom is 0.234 e. The highest BCUT2D eigenvalue weighted by Gasteiger charge is 2.37. The van der Waals surface area contributed by atoms with Crippen LogP contribution in [0.5, 0.6) is 5.75 Å². The third kappa shape index (κ3) is 3.89. The molecule has 1 aliphatic rings. The number of aromatic amines is 1. The third-order valence-corrected chi connectivity index (χ3v) is 4.96. The predicted octanol–water partition coefficient (Wildman–Crippen LogP) is 2.72. The molecule has 0 bridgehead atoms. The summed E-state index contributed by atoms with van der Waals surface area (Å²) in [6, 6.07) is 15.3. The predicted molar refractivity (Wildman–Crippen MR) is 103 cm³/mol. The highest BCUT2D eigenvalue weighted by atomic mass is 19.1. The highest BCUT2D eigenvalue weighted by Crippen LogP contribution is 2.28. The number of halogens is 1. The molecule has 2 atom stereocenters. The lowest BCUT2D eigenvalue weighted by molar-refractivity contribution is -0.122. The first-order valence-electron chi connectivity index (χ1n) is 9.13. The van der Waals surface area contributed by atoms with E-state index in [1.165, 1.54) is 12.1 Å². The fraction of sp³-hybridized carbons (Fsp3) is 0.238. The summed E-state index contributed by atoms with van der Waals surface area (Å²) >= 11 is 0. The van der Waals surface area contributed by atoms with Crippen LogP contribution in [-0.2, 0) is 11.3 Å². The average molecular weight is 380 g/mol. The molecule has 0 saturated carbocycles.